The van der Waals surface area contributed by atoms with Gasteiger partial charge in [0.1, 0.15) is 0 Å². The molecule has 0 aliphatic rings. The quantitative estimate of drug-likeness (QED) is 0.604. The van der Waals surface area contributed by atoms with Gasteiger partial charge >= 0.3 is 0 Å². The van der Waals surface area contributed by atoms with Gasteiger partial charge in [-0.2, -0.15) is 0 Å². The molecule has 1 aromatic rings. The van der Waals surface area contributed by atoms with Gasteiger partial charge in [-0.3, -0.25) is 0 Å². The van der Waals surface area contributed by atoms with Crippen molar-refractivity contribution in [1.29, 1.82) is 0 Å². The Kier molecular flexibility index (Phi) is 7.97. The van der Waals surface area contributed by atoms with E-state index in [1.807, 2.05) is 50.3 Å². The molecule has 1 aromatic carbocycles. The van der Waals surface area contributed by atoms with Crippen LogP contribution in [0.4, 0.5) is 0 Å². The fourth-order valence-electron chi connectivity index (χ4n) is 2.70. The van der Waals surface area contributed by atoms with Crippen LogP contribution in [-0.4, -0.2) is 28.5 Å². The molecule has 1 rings (SSSR count). The molecule has 0 aliphatic heterocycles. The van der Waals surface area contributed by atoms with Crippen LogP contribution in [0, 0.1) is 5.41 Å². The predicted octanol–water partition coefficient (Wildman–Crippen LogP) is 4.09. The Labute approximate surface area is 141 Å². The fourth-order valence-corrected chi connectivity index (χ4v) is 2.70. The predicted molar refractivity (Wildman–Crippen MR) is 95.2 cm³/mol. The summed E-state index contributed by atoms with van der Waals surface area (Å²) in [5.74, 6) is 0. The highest BCUT2D eigenvalue weighted by Gasteiger charge is 2.25. The normalized spacial score (nSPS) is 15.9. The third-order valence-corrected chi connectivity index (χ3v) is 4.15. The van der Waals surface area contributed by atoms with Crippen molar-refractivity contribution in [2.45, 2.75) is 64.8 Å². The molecule has 0 spiro atoms. The molecular formula is C20H32O3. The van der Waals surface area contributed by atoms with Gasteiger partial charge in [0.2, 0.25) is 0 Å². The van der Waals surface area contributed by atoms with Gasteiger partial charge < -0.3 is 14.9 Å². The van der Waals surface area contributed by atoms with Gasteiger partial charge in [-0.25, -0.2) is 0 Å². The number of ether oxygens (including phenoxy) is 1. The van der Waals surface area contributed by atoms with Crippen molar-refractivity contribution >= 4 is 0 Å². The number of aliphatic hydroxyl groups excluding tert-OH is 1. The van der Waals surface area contributed by atoms with Gasteiger partial charge in [-0.05, 0) is 50.5 Å². The highest BCUT2D eigenvalue weighted by molar-refractivity contribution is 5.13. The van der Waals surface area contributed by atoms with E-state index in [1.54, 1.807) is 0 Å². The first-order chi connectivity index (χ1) is 10.7. The smallest absolute Gasteiger partial charge is 0.0782 e. The zero-order chi connectivity index (χ0) is 17.3. The van der Waals surface area contributed by atoms with E-state index in [0.717, 1.165) is 24.8 Å². The number of allylic oxidation sites excluding steroid dienone is 1. The Morgan fingerprint density at radius 2 is 1.83 bits per heavy atom. The van der Waals surface area contributed by atoms with E-state index in [4.69, 9.17) is 4.74 Å². The molecule has 0 unspecified atom stereocenters. The van der Waals surface area contributed by atoms with Gasteiger partial charge in [0.25, 0.3) is 0 Å². The van der Waals surface area contributed by atoms with E-state index in [9.17, 15) is 10.2 Å². The second-order valence-electron chi connectivity index (χ2n) is 7.38. The van der Waals surface area contributed by atoms with Gasteiger partial charge in [0.05, 0.1) is 24.9 Å². The first-order valence-corrected chi connectivity index (χ1v) is 8.40. The molecule has 2 N–H and O–H groups in total. The van der Waals surface area contributed by atoms with E-state index in [2.05, 4.69) is 13.5 Å². The molecule has 0 saturated carbocycles. The van der Waals surface area contributed by atoms with Crippen molar-refractivity contribution in [2.75, 3.05) is 6.61 Å². The van der Waals surface area contributed by atoms with Gasteiger partial charge in [0.15, 0.2) is 0 Å². The van der Waals surface area contributed by atoms with Crippen molar-refractivity contribution in [3.8, 4) is 0 Å². The first-order valence-electron chi connectivity index (χ1n) is 8.40. The van der Waals surface area contributed by atoms with Crippen LogP contribution in [0.2, 0.25) is 0 Å². The lowest BCUT2D eigenvalue weighted by Crippen LogP contribution is -2.26. The summed E-state index contributed by atoms with van der Waals surface area (Å²) in [4.78, 5) is 0. The molecule has 0 fully saturated rings. The van der Waals surface area contributed by atoms with E-state index >= 15 is 0 Å². The fraction of sp³-hybridized carbons (Fsp3) is 0.600. The van der Waals surface area contributed by atoms with Crippen LogP contribution >= 0.6 is 0 Å². The molecule has 0 aromatic heterocycles. The van der Waals surface area contributed by atoms with Gasteiger partial charge in [-0.1, -0.05) is 43.3 Å². The summed E-state index contributed by atoms with van der Waals surface area (Å²) >= 11 is 0. The SMILES string of the molecule is C=C[C@](C)(CCCC(C)(C)O)C[C@@H](O)COCc1ccccc1. The molecule has 0 amide bonds. The molecular weight excluding hydrogens is 288 g/mol. The van der Waals surface area contributed by atoms with E-state index < -0.39 is 11.7 Å². The summed E-state index contributed by atoms with van der Waals surface area (Å²) in [7, 11) is 0. The van der Waals surface area contributed by atoms with Crippen molar-refractivity contribution in [3.05, 3.63) is 48.6 Å². The second kappa shape index (κ2) is 9.21. The van der Waals surface area contributed by atoms with Crippen LogP contribution in [0.5, 0.6) is 0 Å². The number of hydrogen-bond acceptors (Lipinski definition) is 3. The average molecular weight is 320 g/mol. The molecule has 0 aliphatic carbocycles. The molecule has 0 heterocycles. The molecule has 2 atom stereocenters. The minimum atomic E-state index is -0.639. The van der Waals surface area contributed by atoms with Crippen molar-refractivity contribution in [1.82, 2.24) is 0 Å². The highest BCUT2D eigenvalue weighted by atomic mass is 16.5. The summed E-state index contributed by atoms with van der Waals surface area (Å²) in [5.41, 5.74) is 0.330. The number of rotatable bonds is 11. The average Bonchev–Trinajstić information content (AvgIpc) is 2.47. The Bertz CT molecular complexity index is 450. The number of aliphatic hydroxyl groups is 2. The zero-order valence-corrected chi connectivity index (χ0v) is 14.8. The largest absolute Gasteiger partial charge is 0.391 e. The highest BCUT2D eigenvalue weighted by Crippen LogP contribution is 2.32. The molecule has 3 heteroatoms. The second-order valence-corrected chi connectivity index (χ2v) is 7.38. The third kappa shape index (κ3) is 8.89. The summed E-state index contributed by atoms with van der Waals surface area (Å²) in [6, 6.07) is 9.95. The van der Waals surface area contributed by atoms with Crippen LogP contribution in [-0.2, 0) is 11.3 Å². The summed E-state index contributed by atoms with van der Waals surface area (Å²) in [6.45, 7) is 10.5. The summed E-state index contributed by atoms with van der Waals surface area (Å²) in [5, 5.41) is 20.0. The standard InChI is InChI=1S/C20H32O3/c1-5-20(4,13-9-12-19(2,3)22)14-18(21)16-23-15-17-10-7-6-8-11-17/h5-8,10-11,18,21-22H,1,9,12-16H2,2-4H3/t18-,20-/m1/s1. The topological polar surface area (TPSA) is 49.7 Å². The monoisotopic (exact) mass is 320 g/mol. The maximum Gasteiger partial charge on any atom is 0.0782 e. The minimum Gasteiger partial charge on any atom is -0.391 e. The zero-order valence-electron chi connectivity index (χ0n) is 14.8. The van der Waals surface area contributed by atoms with Crippen LogP contribution in [0.3, 0.4) is 0 Å². The van der Waals surface area contributed by atoms with Crippen LogP contribution in [0.15, 0.2) is 43.0 Å². The lowest BCUT2D eigenvalue weighted by atomic mass is 9.79. The Hall–Kier alpha value is -1.16. The molecule has 130 valence electrons. The Balaban J connectivity index is 2.33. The van der Waals surface area contributed by atoms with Crippen LogP contribution in [0.25, 0.3) is 0 Å². The van der Waals surface area contributed by atoms with Gasteiger partial charge in [0, 0.05) is 0 Å². The molecule has 0 radical (unpaired) electrons. The maximum absolute atomic E-state index is 10.2. The lowest BCUT2D eigenvalue weighted by Gasteiger charge is -2.29. The maximum atomic E-state index is 10.2. The number of benzene rings is 1. The first kappa shape index (κ1) is 19.9. The summed E-state index contributed by atoms with van der Waals surface area (Å²) < 4.78 is 5.61. The molecule has 0 bridgehead atoms. The van der Waals surface area contributed by atoms with Crippen molar-refractivity contribution in [2.24, 2.45) is 5.41 Å². The Morgan fingerprint density at radius 1 is 1.17 bits per heavy atom. The lowest BCUT2D eigenvalue weighted by molar-refractivity contribution is 0.00802. The summed E-state index contributed by atoms with van der Waals surface area (Å²) in [6.07, 6.45) is 4.58. The Morgan fingerprint density at radius 3 is 2.39 bits per heavy atom. The van der Waals surface area contributed by atoms with Crippen LogP contribution in [0.1, 0.15) is 52.0 Å². The van der Waals surface area contributed by atoms with Crippen molar-refractivity contribution < 1.29 is 14.9 Å². The van der Waals surface area contributed by atoms with Gasteiger partial charge in [-0.15, -0.1) is 6.58 Å². The number of hydrogen-bond donors (Lipinski definition) is 2. The van der Waals surface area contributed by atoms with E-state index in [-0.39, 0.29) is 5.41 Å². The molecule has 3 nitrogen and oxygen atoms in total. The van der Waals surface area contributed by atoms with Crippen molar-refractivity contribution in [3.63, 3.8) is 0 Å². The third-order valence-electron chi connectivity index (χ3n) is 4.15. The van der Waals surface area contributed by atoms with Crippen LogP contribution < -0.4 is 0 Å². The molecule has 23 heavy (non-hydrogen) atoms. The minimum absolute atomic E-state index is 0.138. The molecule has 0 saturated heterocycles. The van der Waals surface area contributed by atoms with E-state index in [0.29, 0.717) is 19.6 Å². The van der Waals surface area contributed by atoms with E-state index in [1.165, 1.54) is 0 Å².